The summed E-state index contributed by atoms with van der Waals surface area (Å²) in [5.41, 5.74) is 0.355. The van der Waals surface area contributed by atoms with E-state index >= 15 is 0 Å². The van der Waals surface area contributed by atoms with Crippen molar-refractivity contribution in [1.29, 1.82) is 0 Å². The molecule has 1 fully saturated rings. The maximum atomic E-state index is 12.8. The minimum Gasteiger partial charge on any atom is -0.495 e. The van der Waals surface area contributed by atoms with Crippen LogP contribution in [0.4, 0.5) is 5.69 Å². The summed E-state index contributed by atoms with van der Waals surface area (Å²) in [5, 5.41) is 2.46. The number of rotatable bonds is 7. The van der Waals surface area contributed by atoms with Gasteiger partial charge in [0.25, 0.3) is 0 Å². The molecule has 0 bridgehead atoms. The van der Waals surface area contributed by atoms with Crippen LogP contribution in [-0.4, -0.2) is 44.1 Å². The molecule has 1 N–H and O–H groups in total. The summed E-state index contributed by atoms with van der Waals surface area (Å²) in [6.07, 6.45) is 1.74. The van der Waals surface area contributed by atoms with Crippen LogP contribution in [0.5, 0.6) is 5.75 Å². The van der Waals surface area contributed by atoms with E-state index in [0.29, 0.717) is 24.5 Å². The lowest BCUT2D eigenvalue weighted by atomic mass is 10.3. The van der Waals surface area contributed by atoms with Gasteiger partial charge in [-0.15, -0.1) is 11.8 Å². The Bertz CT molecular complexity index is 926. The highest BCUT2D eigenvalue weighted by atomic mass is 32.2. The molecule has 0 spiro atoms. The van der Waals surface area contributed by atoms with Gasteiger partial charge in [-0.25, -0.2) is 8.42 Å². The lowest BCUT2D eigenvalue weighted by Crippen LogP contribution is -2.28. The highest BCUT2D eigenvalue weighted by Crippen LogP contribution is 2.31. The number of hydrogen-bond acceptors (Lipinski definition) is 5. The van der Waals surface area contributed by atoms with E-state index in [0.717, 1.165) is 17.7 Å². The smallest absolute Gasteiger partial charge is 0.243 e. The van der Waals surface area contributed by atoms with Crippen molar-refractivity contribution >= 4 is 33.4 Å². The second-order valence-electron chi connectivity index (χ2n) is 6.54. The normalized spacial score (nSPS) is 15.9. The van der Waals surface area contributed by atoms with Crippen LogP contribution in [0.15, 0.2) is 58.3 Å². The fraction of sp³-hybridized carbons (Fsp3) is 0.350. The quantitative estimate of drug-likeness (QED) is 0.693. The molecule has 0 unspecified atom stereocenters. The lowest BCUT2D eigenvalue weighted by molar-refractivity contribution is -0.115. The molecule has 0 saturated carbocycles. The number of nitrogens with zero attached hydrogens (tertiary/aromatic N) is 1. The van der Waals surface area contributed by atoms with Crippen LogP contribution in [0.2, 0.25) is 0 Å². The highest BCUT2D eigenvalue weighted by molar-refractivity contribution is 8.00. The Morgan fingerprint density at radius 1 is 1.14 bits per heavy atom. The molecule has 150 valence electrons. The maximum absolute atomic E-state index is 12.8. The van der Waals surface area contributed by atoms with Crippen LogP contribution in [0.1, 0.15) is 19.8 Å². The SMILES string of the molecule is COc1ccc(S(=O)(=O)N2CCCC2)cc1NC(=O)[C@@H](C)Sc1ccccc1. The molecule has 1 aliphatic heterocycles. The molecule has 1 aliphatic rings. The second kappa shape index (κ2) is 8.98. The molecular weight excluding hydrogens is 396 g/mol. The molecule has 8 heteroatoms. The summed E-state index contributed by atoms with van der Waals surface area (Å²) in [6.45, 7) is 2.87. The van der Waals surface area contributed by atoms with Crippen molar-refractivity contribution in [3.05, 3.63) is 48.5 Å². The largest absolute Gasteiger partial charge is 0.495 e. The van der Waals surface area contributed by atoms with Crippen molar-refractivity contribution in [2.45, 2.75) is 34.8 Å². The number of carbonyl (C=O) groups excluding carboxylic acids is 1. The third-order valence-corrected chi connectivity index (χ3v) is 7.56. The molecule has 6 nitrogen and oxygen atoms in total. The molecule has 1 saturated heterocycles. The molecule has 0 radical (unpaired) electrons. The number of benzene rings is 2. The fourth-order valence-corrected chi connectivity index (χ4v) is 5.45. The predicted octanol–water partition coefficient (Wildman–Crippen LogP) is 3.60. The monoisotopic (exact) mass is 420 g/mol. The molecule has 2 aromatic carbocycles. The zero-order chi connectivity index (χ0) is 20.1. The summed E-state index contributed by atoms with van der Waals surface area (Å²) in [6, 6.07) is 14.2. The Balaban J connectivity index is 1.79. The van der Waals surface area contributed by atoms with Crippen molar-refractivity contribution in [1.82, 2.24) is 4.31 Å². The number of anilines is 1. The molecule has 28 heavy (non-hydrogen) atoms. The Morgan fingerprint density at radius 2 is 1.82 bits per heavy atom. The van der Waals surface area contributed by atoms with Gasteiger partial charge in [0.1, 0.15) is 5.75 Å². The molecule has 0 aliphatic carbocycles. The van der Waals surface area contributed by atoms with Gasteiger partial charge in [-0.3, -0.25) is 4.79 Å². The van der Waals surface area contributed by atoms with Crippen LogP contribution < -0.4 is 10.1 Å². The fourth-order valence-electron chi connectivity index (χ4n) is 3.01. The van der Waals surface area contributed by atoms with E-state index in [9.17, 15) is 13.2 Å². The van der Waals surface area contributed by atoms with Gasteiger partial charge in [0.05, 0.1) is 22.9 Å². The standard InChI is InChI=1S/C20H24N2O4S2/c1-15(27-16-8-4-3-5-9-16)20(23)21-18-14-17(10-11-19(18)26-2)28(24,25)22-12-6-7-13-22/h3-5,8-11,14-15H,6-7,12-13H2,1-2H3,(H,21,23)/t15-/m1/s1. The number of hydrogen-bond donors (Lipinski definition) is 1. The van der Waals surface area contributed by atoms with Crippen molar-refractivity contribution in [3.63, 3.8) is 0 Å². The second-order valence-corrected chi connectivity index (χ2v) is 9.89. The van der Waals surface area contributed by atoms with Gasteiger partial charge in [0.2, 0.25) is 15.9 Å². The number of nitrogens with one attached hydrogen (secondary N) is 1. The van der Waals surface area contributed by atoms with Crippen LogP contribution in [0.25, 0.3) is 0 Å². The van der Waals surface area contributed by atoms with Gasteiger partial charge < -0.3 is 10.1 Å². The maximum Gasteiger partial charge on any atom is 0.243 e. The highest BCUT2D eigenvalue weighted by Gasteiger charge is 2.28. The first kappa shape index (κ1) is 20.7. The van der Waals surface area contributed by atoms with E-state index in [1.54, 1.807) is 6.07 Å². The van der Waals surface area contributed by atoms with E-state index in [1.165, 1.54) is 35.3 Å². The summed E-state index contributed by atoms with van der Waals surface area (Å²) in [5.74, 6) is 0.202. The number of ether oxygens (including phenoxy) is 1. The van der Waals surface area contributed by atoms with E-state index in [-0.39, 0.29) is 16.1 Å². The van der Waals surface area contributed by atoms with E-state index in [2.05, 4.69) is 5.32 Å². The number of methoxy groups -OCH3 is 1. The van der Waals surface area contributed by atoms with Crippen LogP contribution in [-0.2, 0) is 14.8 Å². The van der Waals surface area contributed by atoms with Gasteiger partial charge in [0, 0.05) is 18.0 Å². The first-order valence-corrected chi connectivity index (χ1v) is 11.4. The number of amides is 1. The van der Waals surface area contributed by atoms with Crippen molar-refractivity contribution < 1.29 is 17.9 Å². The average molecular weight is 421 g/mol. The van der Waals surface area contributed by atoms with Crippen LogP contribution in [0.3, 0.4) is 0 Å². The number of sulfonamides is 1. The first-order chi connectivity index (χ1) is 13.4. The van der Waals surface area contributed by atoms with Gasteiger partial charge in [0.15, 0.2) is 0 Å². The van der Waals surface area contributed by atoms with Gasteiger partial charge in [-0.1, -0.05) is 18.2 Å². The van der Waals surface area contributed by atoms with E-state index in [4.69, 9.17) is 4.74 Å². The average Bonchev–Trinajstić information content (AvgIpc) is 3.24. The third kappa shape index (κ3) is 4.68. The van der Waals surface area contributed by atoms with Crippen molar-refractivity contribution in [2.24, 2.45) is 0 Å². The van der Waals surface area contributed by atoms with Gasteiger partial charge >= 0.3 is 0 Å². The van der Waals surface area contributed by atoms with Crippen molar-refractivity contribution in [3.8, 4) is 5.75 Å². The van der Waals surface area contributed by atoms with Gasteiger partial charge in [-0.05, 0) is 50.1 Å². The summed E-state index contributed by atoms with van der Waals surface area (Å²) in [4.78, 5) is 13.8. The molecule has 1 amide bonds. The molecule has 1 atom stereocenters. The van der Waals surface area contributed by atoms with Crippen molar-refractivity contribution in [2.75, 3.05) is 25.5 Å². The molecule has 2 aromatic rings. The van der Waals surface area contributed by atoms with E-state index in [1.807, 2.05) is 37.3 Å². The third-order valence-electron chi connectivity index (χ3n) is 4.56. The first-order valence-electron chi connectivity index (χ1n) is 9.12. The topological polar surface area (TPSA) is 75.7 Å². The predicted molar refractivity (Wildman–Crippen MR) is 111 cm³/mol. The minimum atomic E-state index is -3.57. The molecule has 3 rings (SSSR count). The summed E-state index contributed by atoms with van der Waals surface area (Å²) < 4.78 is 32.4. The Morgan fingerprint density at radius 3 is 2.46 bits per heavy atom. The molecule has 1 heterocycles. The lowest BCUT2D eigenvalue weighted by Gasteiger charge is -2.18. The van der Waals surface area contributed by atoms with E-state index < -0.39 is 10.0 Å². The minimum absolute atomic E-state index is 0.161. The zero-order valence-electron chi connectivity index (χ0n) is 15.9. The number of carbonyl (C=O) groups is 1. The zero-order valence-corrected chi connectivity index (χ0v) is 17.6. The van der Waals surface area contributed by atoms with Crippen LogP contribution in [0, 0.1) is 0 Å². The molecular formula is C20H24N2O4S2. The summed E-state index contributed by atoms with van der Waals surface area (Å²) >= 11 is 1.44. The summed E-state index contributed by atoms with van der Waals surface area (Å²) in [7, 11) is -2.08. The van der Waals surface area contributed by atoms with Crippen LogP contribution >= 0.6 is 11.8 Å². The Kier molecular flexibility index (Phi) is 6.64. The van der Waals surface area contributed by atoms with Gasteiger partial charge in [-0.2, -0.15) is 4.31 Å². The number of thioether (sulfide) groups is 1. The Labute approximate surface area is 170 Å². The Hall–Kier alpha value is -2.03. The molecule has 0 aromatic heterocycles.